The molecule has 25 heavy (non-hydrogen) atoms. The van der Waals surface area contributed by atoms with Gasteiger partial charge in [0.25, 0.3) is 0 Å². The fourth-order valence-corrected chi connectivity index (χ4v) is 5.84. The van der Waals surface area contributed by atoms with Gasteiger partial charge < -0.3 is 5.43 Å². The average molecular weight is 383 g/mol. The quantitative estimate of drug-likeness (QED) is 0.702. The number of hydrogen-bond donors (Lipinski definition) is 2. The molecule has 1 atom stereocenters. The third-order valence-electron chi connectivity index (χ3n) is 5.96. The molecule has 6 rings (SSSR count). The van der Waals surface area contributed by atoms with Gasteiger partial charge in [0.05, 0.1) is 10.2 Å². The Morgan fingerprint density at radius 3 is 2.80 bits per heavy atom. The molecule has 1 aliphatic heterocycles. The Labute approximate surface area is 152 Å². The van der Waals surface area contributed by atoms with Crippen molar-refractivity contribution in [3.8, 4) is 0 Å². The molecule has 2 bridgehead atoms. The Bertz CT molecular complexity index is 890. The van der Waals surface area contributed by atoms with Crippen molar-refractivity contribution < 1.29 is 8.78 Å². The van der Waals surface area contributed by atoms with Crippen LogP contribution in [0.1, 0.15) is 38.5 Å². The first-order chi connectivity index (χ1) is 12.0. The van der Waals surface area contributed by atoms with Crippen LogP contribution in [0.4, 0.5) is 13.9 Å². The van der Waals surface area contributed by atoms with E-state index in [1.807, 2.05) is 0 Å². The van der Waals surface area contributed by atoms with Crippen LogP contribution in [0.2, 0.25) is 5.02 Å². The van der Waals surface area contributed by atoms with Gasteiger partial charge in [-0.2, -0.15) is 0 Å². The van der Waals surface area contributed by atoms with E-state index in [9.17, 15) is 8.78 Å². The largest absolute Gasteiger partial charge is 0.309 e. The van der Waals surface area contributed by atoms with E-state index in [1.165, 1.54) is 32.1 Å². The van der Waals surface area contributed by atoms with Crippen molar-refractivity contribution in [3.63, 3.8) is 0 Å². The van der Waals surface area contributed by atoms with Crippen LogP contribution < -0.4 is 10.9 Å². The van der Waals surface area contributed by atoms with E-state index in [2.05, 4.69) is 20.8 Å². The zero-order valence-electron chi connectivity index (χ0n) is 13.4. The lowest BCUT2D eigenvalue weighted by molar-refractivity contribution is 0.0523. The van der Waals surface area contributed by atoms with E-state index in [0.29, 0.717) is 11.0 Å². The fraction of sp³-hybridized carbons (Fsp3) is 0.529. The predicted molar refractivity (Wildman–Crippen MR) is 95.3 cm³/mol. The van der Waals surface area contributed by atoms with Gasteiger partial charge in [-0.25, -0.2) is 24.2 Å². The molecule has 2 aromatic rings. The molecule has 1 aromatic heterocycles. The van der Waals surface area contributed by atoms with E-state index in [4.69, 9.17) is 11.6 Å². The van der Waals surface area contributed by atoms with Gasteiger partial charge in [0.1, 0.15) is 16.7 Å². The summed E-state index contributed by atoms with van der Waals surface area (Å²) in [7, 11) is 0. The number of thiazole rings is 1. The molecule has 2 heterocycles. The third-order valence-corrected chi connectivity index (χ3v) is 7.26. The van der Waals surface area contributed by atoms with E-state index in [0.717, 1.165) is 35.6 Å². The Kier molecular flexibility index (Phi) is 3.56. The Balaban J connectivity index is 1.45. The average Bonchev–Trinajstić information content (AvgIpc) is 3.18. The minimum absolute atomic E-state index is 0.0946. The van der Waals surface area contributed by atoms with Crippen LogP contribution in [0, 0.1) is 23.5 Å². The van der Waals surface area contributed by atoms with Crippen molar-refractivity contribution in [2.75, 3.05) is 0 Å². The molecule has 1 unspecified atom stereocenters. The summed E-state index contributed by atoms with van der Waals surface area (Å²) in [4.78, 5) is 8.79. The number of benzene rings is 1. The van der Waals surface area contributed by atoms with Gasteiger partial charge in [0.15, 0.2) is 5.82 Å². The lowest BCUT2D eigenvalue weighted by Gasteiger charge is -2.49. The number of hydrazine groups is 1. The minimum atomic E-state index is -0.797. The second kappa shape index (κ2) is 5.59. The minimum Gasteiger partial charge on any atom is -0.309 e. The molecule has 1 saturated heterocycles. The maximum absolute atomic E-state index is 14.1. The molecule has 4 nitrogen and oxygen atoms in total. The summed E-state index contributed by atoms with van der Waals surface area (Å²) in [5.74, 6) is 0.741. The molecule has 1 spiro atoms. The molecule has 4 aliphatic rings. The summed E-state index contributed by atoms with van der Waals surface area (Å²) in [6, 6.07) is 1.16. The Morgan fingerprint density at radius 1 is 1.28 bits per heavy atom. The number of aliphatic imine (C=N–C) groups is 1. The predicted octanol–water partition coefficient (Wildman–Crippen LogP) is 4.70. The molecule has 1 aromatic carbocycles. The Morgan fingerprint density at radius 2 is 2.08 bits per heavy atom. The molecule has 0 amide bonds. The van der Waals surface area contributed by atoms with Gasteiger partial charge in [-0.1, -0.05) is 35.8 Å². The number of hydrogen-bond acceptors (Lipinski definition) is 4. The number of halogens is 3. The van der Waals surface area contributed by atoms with Crippen LogP contribution in [0.3, 0.4) is 0 Å². The number of fused-ring (bicyclic) bond motifs is 3. The van der Waals surface area contributed by atoms with E-state index < -0.39 is 16.7 Å². The van der Waals surface area contributed by atoms with Gasteiger partial charge in [0.2, 0.25) is 5.13 Å². The summed E-state index contributed by atoms with van der Waals surface area (Å²) in [5.41, 5.74) is 7.03. The second-order valence-electron chi connectivity index (χ2n) is 7.39. The fourth-order valence-electron chi connectivity index (χ4n) is 4.75. The highest BCUT2D eigenvalue weighted by Gasteiger charge is 2.50. The Hall–Kier alpha value is -1.31. The van der Waals surface area contributed by atoms with Crippen molar-refractivity contribution in [1.29, 1.82) is 0 Å². The number of nitrogens with zero attached hydrogens (tertiary/aromatic N) is 2. The normalized spacial score (nSPS) is 32.8. The summed E-state index contributed by atoms with van der Waals surface area (Å²) < 4.78 is 27.9. The van der Waals surface area contributed by atoms with Gasteiger partial charge in [-0.05, 0) is 31.1 Å². The highest BCUT2D eigenvalue weighted by Crippen LogP contribution is 2.50. The van der Waals surface area contributed by atoms with Crippen molar-refractivity contribution in [2.24, 2.45) is 16.8 Å². The smallest absolute Gasteiger partial charge is 0.212 e. The van der Waals surface area contributed by atoms with Crippen molar-refractivity contribution in [3.05, 3.63) is 22.7 Å². The standard InChI is InChI=1S/C17H17ClF2N4S/c18-13-10(19)5-11-15(14(13)20)25-16(21-11)22-12-7-17(24-23-12)6-8-1-3-9(17)4-2-8/h5,8-9,24H,1-4,6-7H2,(H,21,22,23). The van der Waals surface area contributed by atoms with Gasteiger partial charge >= 0.3 is 0 Å². The molecular formula is C17H17ClF2N4S. The van der Waals surface area contributed by atoms with Crippen LogP contribution in [-0.4, -0.2) is 16.4 Å². The molecule has 2 N–H and O–H groups in total. The summed E-state index contributed by atoms with van der Waals surface area (Å²) >= 11 is 6.73. The number of amidine groups is 1. The highest BCUT2D eigenvalue weighted by atomic mass is 35.5. The topological polar surface area (TPSA) is 49.3 Å². The summed E-state index contributed by atoms with van der Waals surface area (Å²) in [6.45, 7) is 0. The number of rotatable bonds is 1. The maximum Gasteiger partial charge on any atom is 0.212 e. The third kappa shape index (κ3) is 2.47. The van der Waals surface area contributed by atoms with Crippen molar-refractivity contribution in [2.45, 2.75) is 44.1 Å². The first kappa shape index (κ1) is 15.9. The van der Waals surface area contributed by atoms with Crippen LogP contribution >= 0.6 is 22.9 Å². The zero-order chi connectivity index (χ0) is 17.2. The van der Waals surface area contributed by atoms with Gasteiger partial charge in [-0.15, -0.1) is 0 Å². The monoisotopic (exact) mass is 382 g/mol. The van der Waals surface area contributed by atoms with Crippen LogP contribution in [0.15, 0.2) is 11.1 Å². The summed E-state index contributed by atoms with van der Waals surface area (Å²) in [5, 5.41) is -0.0777. The SMILES string of the molecule is Fc1cc2nc(N=C3CC4(CC5CCC4CC5)NN3)sc2c(F)c1Cl. The maximum atomic E-state index is 14.1. The van der Waals surface area contributed by atoms with Crippen molar-refractivity contribution >= 4 is 44.1 Å². The lowest BCUT2D eigenvalue weighted by atomic mass is 9.60. The van der Waals surface area contributed by atoms with Crippen LogP contribution in [0.25, 0.3) is 10.2 Å². The number of nitrogens with one attached hydrogen (secondary N) is 2. The van der Waals surface area contributed by atoms with Crippen molar-refractivity contribution in [1.82, 2.24) is 15.8 Å². The number of aromatic nitrogens is 1. The zero-order valence-corrected chi connectivity index (χ0v) is 15.0. The molecule has 3 aliphatic carbocycles. The van der Waals surface area contributed by atoms with Gasteiger partial charge in [0, 0.05) is 18.0 Å². The molecular weight excluding hydrogens is 366 g/mol. The molecule has 0 radical (unpaired) electrons. The second-order valence-corrected chi connectivity index (χ2v) is 8.75. The summed E-state index contributed by atoms with van der Waals surface area (Å²) in [6.07, 6.45) is 7.24. The van der Waals surface area contributed by atoms with E-state index in [-0.39, 0.29) is 15.8 Å². The molecule has 3 saturated carbocycles. The van der Waals surface area contributed by atoms with E-state index in [1.54, 1.807) is 0 Å². The molecule has 4 fully saturated rings. The van der Waals surface area contributed by atoms with Crippen LogP contribution in [0.5, 0.6) is 0 Å². The first-order valence-electron chi connectivity index (χ1n) is 8.59. The van der Waals surface area contributed by atoms with E-state index >= 15 is 0 Å². The van der Waals surface area contributed by atoms with Crippen LogP contribution in [-0.2, 0) is 0 Å². The first-order valence-corrected chi connectivity index (χ1v) is 9.78. The van der Waals surface area contributed by atoms with Gasteiger partial charge in [-0.3, -0.25) is 0 Å². The lowest BCUT2D eigenvalue weighted by Crippen LogP contribution is -2.55. The highest BCUT2D eigenvalue weighted by molar-refractivity contribution is 7.22. The molecule has 8 heteroatoms. The molecule has 132 valence electrons.